The Balaban J connectivity index is 1.95. The van der Waals surface area contributed by atoms with Gasteiger partial charge in [0, 0.05) is 23.5 Å². The predicted molar refractivity (Wildman–Crippen MR) is 90.4 cm³/mol. The molecule has 1 aliphatic carbocycles. The fraction of sp³-hybridized carbons (Fsp3) is 0.471. The van der Waals surface area contributed by atoms with Crippen LogP contribution in [0.25, 0.3) is 5.69 Å². The lowest BCUT2D eigenvalue weighted by molar-refractivity contribution is -0.142. The number of alkyl halides is 4. The van der Waals surface area contributed by atoms with Crippen LogP contribution in [0.15, 0.2) is 18.2 Å². The maximum Gasteiger partial charge on any atom is 0.435 e. The van der Waals surface area contributed by atoms with E-state index in [-0.39, 0.29) is 23.7 Å². The molecule has 1 heterocycles. The maximum absolute atomic E-state index is 14.5. The number of hydrogen-bond donors (Lipinski definition) is 2. The van der Waals surface area contributed by atoms with E-state index in [4.69, 9.17) is 11.6 Å². The Hall–Kier alpha value is -1.80. The zero-order valence-corrected chi connectivity index (χ0v) is 14.5. The highest BCUT2D eigenvalue weighted by atomic mass is 35.5. The Morgan fingerprint density at radius 2 is 2.00 bits per heavy atom. The minimum absolute atomic E-state index is 0.0258. The molecule has 0 aliphatic heterocycles. The third-order valence-corrected chi connectivity index (χ3v) is 4.70. The normalized spacial score (nSPS) is 15.6. The fourth-order valence-electron chi connectivity index (χ4n) is 3.10. The van der Waals surface area contributed by atoms with E-state index in [1.165, 1.54) is 18.2 Å². The summed E-state index contributed by atoms with van der Waals surface area (Å²) in [5.74, 6) is -0.660. The molecular weight excluding hydrogens is 374 g/mol. The van der Waals surface area contributed by atoms with Gasteiger partial charge in [-0.2, -0.15) is 18.3 Å². The molecule has 0 saturated heterocycles. The predicted octanol–water partition coefficient (Wildman–Crippen LogP) is 3.92. The van der Waals surface area contributed by atoms with Crippen LogP contribution in [0.4, 0.5) is 23.2 Å². The Kier molecular flexibility index (Phi) is 5.43. The summed E-state index contributed by atoms with van der Waals surface area (Å²) >= 11 is 5.49. The van der Waals surface area contributed by atoms with Crippen LogP contribution in [-0.4, -0.2) is 33.4 Å². The quantitative estimate of drug-likeness (QED) is 0.600. The van der Waals surface area contributed by atoms with Gasteiger partial charge in [0.25, 0.3) is 0 Å². The molecule has 0 bridgehead atoms. The molecule has 0 amide bonds. The molecule has 142 valence electrons. The summed E-state index contributed by atoms with van der Waals surface area (Å²) in [5, 5.41) is 15.9. The topological polar surface area (TPSA) is 50.1 Å². The van der Waals surface area contributed by atoms with Crippen molar-refractivity contribution in [3.63, 3.8) is 0 Å². The van der Waals surface area contributed by atoms with Crippen molar-refractivity contribution < 1.29 is 22.7 Å². The number of benzene rings is 1. The summed E-state index contributed by atoms with van der Waals surface area (Å²) in [6.07, 6.45) is -3.22. The average molecular weight is 392 g/mol. The lowest BCUT2D eigenvalue weighted by atomic mass is 9.95. The number of hydrogen-bond acceptors (Lipinski definition) is 3. The van der Waals surface area contributed by atoms with Gasteiger partial charge in [0.05, 0.1) is 12.0 Å². The molecule has 1 aromatic heterocycles. The Labute approximate surface area is 152 Å². The summed E-state index contributed by atoms with van der Waals surface area (Å²) in [7, 11) is 0. The second kappa shape index (κ2) is 7.44. The summed E-state index contributed by atoms with van der Waals surface area (Å²) < 4.78 is 55.4. The van der Waals surface area contributed by atoms with Crippen LogP contribution in [-0.2, 0) is 19.0 Å². The second-order valence-corrected chi connectivity index (χ2v) is 6.55. The van der Waals surface area contributed by atoms with Crippen molar-refractivity contribution in [1.82, 2.24) is 9.78 Å². The first-order chi connectivity index (χ1) is 12.3. The average Bonchev–Trinajstić information content (AvgIpc) is 2.99. The van der Waals surface area contributed by atoms with E-state index >= 15 is 0 Å². The van der Waals surface area contributed by atoms with Crippen molar-refractivity contribution in [3.05, 3.63) is 41.0 Å². The molecular formula is C17H18ClF4N3O. The van der Waals surface area contributed by atoms with Gasteiger partial charge in [0.2, 0.25) is 0 Å². The number of nitrogens with one attached hydrogen (secondary N) is 1. The van der Waals surface area contributed by atoms with Crippen LogP contribution in [0.5, 0.6) is 0 Å². The van der Waals surface area contributed by atoms with Gasteiger partial charge in [0.15, 0.2) is 11.5 Å². The summed E-state index contributed by atoms with van der Waals surface area (Å²) in [6, 6.07) is 4.08. The third kappa shape index (κ3) is 3.81. The lowest BCUT2D eigenvalue weighted by Crippen LogP contribution is -2.20. The standard InChI is InChI=1S/C17H18ClF4N3O/c18-8-11(26)9-23-10-5-6-15(13(19)7-10)25-14-4-2-1-3-12(14)16(24-25)17(20,21)22/h5-7,11,23,26H,1-4,8-9H2. The van der Waals surface area contributed by atoms with Crippen molar-refractivity contribution in [1.29, 1.82) is 0 Å². The molecule has 3 rings (SSSR count). The molecule has 2 aromatic rings. The number of nitrogens with zero attached hydrogens (tertiary/aromatic N) is 2. The lowest BCUT2D eigenvalue weighted by Gasteiger charge is -2.16. The first kappa shape index (κ1) is 19.0. The molecule has 0 radical (unpaired) electrons. The second-order valence-electron chi connectivity index (χ2n) is 6.25. The van der Waals surface area contributed by atoms with Gasteiger partial charge in [0.1, 0.15) is 5.69 Å². The van der Waals surface area contributed by atoms with Crippen molar-refractivity contribution in [2.75, 3.05) is 17.7 Å². The Morgan fingerprint density at radius 1 is 1.27 bits per heavy atom. The molecule has 0 fully saturated rings. The molecule has 26 heavy (non-hydrogen) atoms. The number of halogens is 5. The van der Waals surface area contributed by atoms with E-state index in [1.807, 2.05) is 0 Å². The van der Waals surface area contributed by atoms with Gasteiger partial charge in [-0.25, -0.2) is 9.07 Å². The smallest absolute Gasteiger partial charge is 0.390 e. The Morgan fingerprint density at radius 3 is 2.65 bits per heavy atom. The van der Waals surface area contributed by atoms with Gasteiger partial charge >= 0.3 is 6.18 Å². The number of fused-ring (bicyclic) bond motifs is 1. The molecule has 0 saturated carbocycles. The third-order valence-electron chi connectivity index (χ3n) is 4.34. The fourth-order valence-corrected chi connectivity index (χ4v) is 3.21. The molecule has 1 aliphatic rings. The van der Waals surface area contributed by atoms with Crippen LogP contribution in [0.1, 0.15) is 29.8 Å². The molecule has 1 atom stereocenters. The molecule has 4 nitrogen and oxygen atoms in total. The number of anilines is 1. The van der Waals surface area contributed by atoms with Crippen LogP contribution in [0, 0.1) is 5.82 Å². The zero-order chi connectivity index (χ0) is 18.9. The molecule has 1 unspecified atom stereocenters. The minimum Gasteiger partial charge on any atom is -0.390 e. The van der Waals surface area contributed by atoms with E-state index in [2.05, 4.69) is 10.4 Å². The van der Waals surface area contributed by atoms with Crippen molar-refractivity contribution in [3.8, 4) is 5.69 Å². The number of rotatable bonds is 5. The van der Waals surface area contributed by atoms with E-state index in [0.29, 0.717) is 30.6 Å². The number of aliphatic hydroxyl groups is 1. The largest absolute Gasteiger partial charge is 0.435 e. The van der Waals surface area contributed by atoms with Gasteiger partial charge < -0.3 is 10.4 Å². The van der Waals surface area contributed by atoms with Crippen molar-refractivity contribution >= 4 is 17.3 Å². The van der Waals surface area contributed by atoms with Crippen LogP contribution < -0.4 is 5.32 Å². The summed E-state index contributed by atoms with van der Waals surface area (Å²) in [6.45, 7) is 0.137. The van der Waals surface area contributed by atoms with E-state index in [9.17, 15) is 22.7 Å². The molecule has 9 heteroatoms. The Bertz CT molecular complexity index is 791. The van der Waals surface area contributed by atoms with Crippen molar-refractivity contribution in [2.24, 2.45) is 0 Å². The highest BCUT2D eigenvalue weighted by Crippen LogP contribution is 2.37. The van der Waals surface area contributed by atoms with Gasteiger partial charge in [-0.3, -0.25) is 0 Å². The SMILES string of the molecule is OC(CCl)CNc1ccc(-n2nc(C(F)(F)F)c3c2CCCC3)c(F)c1. The summed E-state index contributed by atoms with van der Waals surface area (Å²) in [5.41, 5.74) is 0.0185. The van der Waals surface area contributed by atoms with Crippen LogP contribution in [0.3, 0.4) is 0 Å². The minimum atomic E-state index is -4.57. The van der Waals surface area contributed by atoms with Crippen LogP contribution >= 0.6 is 11.6 Å². The van der Waals surface area contributed by atoms with Gasteiger partial charge in [-0.05, 0) is 43.9 Å². The first-order valence-electron chi connectivity index (χ1n) is 8.27. The van der Waals surface area contributed by atoms with Crippen molar-refractivity contribution in [2.45, 2.75) is 38.0 Å². The zero-order valence-electron chi connectivity index (χ0n) is 13.8. The van der Waals surface area contributed by atoms with Gasteiger partial charge in [-0.15, -0.1) is 11.6 Å². The highest BCUT2D eigenvalue weighted by Gasteiger charge is 2.39. The van der Waals surface area contributed by atoms with E-state index in [1.54, 1.807) is 0 Å². The first-order valence-corrected chi connectivity index (χ1v) is 8.80. The van der Waals surface area contributed by atoms with Crippen LogP contribution in [0.2, 0.25) is 0 Å². The van der Waals surface area contributed by atoms with Gasteiger partial charge in [-0.1, -0.05) is 0 Å². The number of aliphatic hydroxyl groups excluding tert-OH is 1. The summed E-state index contributed by atoms with van der Waals surface area (Å²) in [4.78, 5) is 0. The number of aromatic nitrogens is 2. The molecule has 2 N–H and O–H groups in total. The van der Waals surface area contributed by atoms with E-state index in [0.717, 1.165) is 11.1 Å². The monoisotopic (exact) mass is 391 g/mol. The maximum atomic E-state index is 14.5. The highest BCUT2D eigenvalue weighted by molar-refractivity contribution is 6.18. The molecule has 0 spiro atoms. The van der Waals surface area contributed by atoms with E-state index < -0.39 is 23.8 Å². The molecule has 1 aromatic carbocycles.